The van der Waals surface area contributed by atoms with Crippen LogP contribution in [-0.4, -0.2) is 60.4 Å². The highest BCUT2D eigenvalue weighted by molar-refractivity contribution is 5.92. The Hall–Kier alpha value is -2.64. The number of piperidine rings is 1. The molecule has 1 aliphatic rings. The van der Waals surface area contributed by atoms with E-state index in [-0.39, 0.29) is 11.9 Å². The van der Waals surface area contributed by atoms with Crippen LogP contribution >= 0.6 is 0 Å². The zero-order valence-electron chi connectivity index (χ0n) is 15.6. The van der Waals surface area contributed by atoms with Crippen molar-refractivity contribution >= 4 is 5.91 Å². The molecule has 1 saturated heterocycles. The van der Waals surface area contributed by atoms with Crippen molar-refractivity contribution < 1.29 is 19.4 Å². The van der Waals surface area contributed by atoms with Gasteiger partial charge in [0.05, 0.1) is 26.4 Å². The van der Waals surface area contributed by atoms with Crippen LogP contribution < -0.4 is 14.8 Å². The highest BCUT2D eigenvalue weighted by Gasteiger charge is 2.29. The summed E-state index contributed by atoms with van der Waals surface area (Å²) in [6, 6.07) is 10.7. The van der Waals surface area contributed by atoms with Gasteiger partial charge in [-0.05, 0) is 24.6 Å². The first-order valence-corrected chi connectivity index (χ1v) is 8.94. The van der Waals surface area contributed by atoms with E-state index in [9.17, 15) is 9.90 Å². The third kappa shape index (κ3) is 4.56. The number of pyridine rings is 1. The van der Waals surface area contributed by atoms with Gasteiger partial charge in [0, 0.05) is 31.4 Å². The second kappa shape index (κ2) is 8.83. The van der Waals surface area contributed by atoms with E-state index in [1.54, 1.807) is 38.6 Å². The van der Waals surface area contributed by atoms with E-state index in [1.165, 1.54) is 0 Å². The summed E-state index contributed by atoms with van der Waals surface area (Å²) in [6.07, 6.45) is 1.59. The van der Waals surface area contributed by atoms with E-state index < -0.39 is 6.10 Å². The van der Waals surface area contributed by atoms with Crippen molar-refractivity contribution in [3.05, 3.63) is 53.9 Å². The van der Waals surface area contributed by atoms with Gasteiger partial charge >= 0.3 is 0 Å². The molecule has 0 aliphatic carbocycles. The lowest BCUT2D eigenvalue weighted by atomic mass is 10.0. The van der Waals surface area contributed by atoms with Crippen LogP contribution in [0.4, 0.5) is 0 Å². The largest absolute Gasteiger partial charge is 0.493 e. The molecule has 7 heteroatoms. The molecular formula is C20H25N3O4. The van der Waals surface area contributed by atoms with Crippen molar-refractivity contribution in [1.82, 2.24) is 15.2 Å². The molecule has 144 valence electrons. The number of amides is 1. The summed E-state index contributed by atoms with van der Waals surface area (Å²) in [7, 11) is 3.23. The molecule has 1 aromatic heterocycles. The van der Waals surface area contributed by atoms with Crippen molar-refractivity contribution in [3.63, 3.8) is 0 Å². The summed E-state index contributed by atoms with van der Waals surface area (Å²) in [5.41, 5.74) is 1.35. The van der Waals surface area contributed by atoms with Gasteiger partial charge in [0.25, 0.3) is 5.91 Å². The number of aromatic nitrogens is 1. The monoisotopic (exact) mass is 371 g/mol. The van der Waals surface area contributed by atoms with Gasteiger partial charge in [-0.15, -0.1) is 0 Å². The lowest BCUT2D eigenvalue weighted by Crippen LogP contribution is -2.53. The second-order valence-electron chi connectivity index (χ2n) is 6.54. The fourth-order valence-electron chi connectivity index (χ4n) is 3.37. The van der Waals surface area contributed by atoms with Crippen molar-refractivity contribution in [2.75, 3.05) is 27.3 Å². The molecule has 0 radical (unpaired) electrons. The average Bonchev–Trinajstić information content (AvgIpc) is 2.70. The summed E-state index contributed by atoms with van der Waals surface area (Å²) in [5.74, 6) is 1.13. The lowest BCUT2D eigenvalue weighted by Gasteiger charge is -2.36. The molecule has 1 aromatic carbocycles. The molecule has 0 saturated carbocycles. The van der Waals surface area contributed by atoms with Gasteiger partial charge in [0.1, 0.15) is 5.69 Å². The lowest BCUT2D eigenvalue weighted by molar-refractivity contribution is 0.0345. The van der Waals surface area contributed by atoms with Crippen molar-refractivity contribution in [2.45, 2.75) is 25.1 Å². The van der Waals surface area contributed by atoms with Crippen molar-refractivity contribution in [3.8, 4) is 11.5 Å². The van der Waals surface area contributed by atoms with Crippen LogP contribution in [0.25, 0.3) is 0 Å². The normalized spacial score (nSPS) is 20.1. The molecule has 1 amide bonds. The third-order valence-corrected chi connectivity index (χ3v) is 4.76. The van der Waals surface area contributed by atoms with Crippen LogP contribution in [0.5, 0.6) is 11.5 Å². The molecule has 2 unspecified atom stereocenters. The Bertz CT molecular complexity index is 769. The van der Waals surface area contributed by atoms with E-state index in [2.05, 4.69) is 15.2 Å². The number of likely N-dealkylation sites (tertiary alicyclic amines) is 1. The standard InChI is InChI=1S/C20H25N3O4/c1-26-18-8-5-6-14(19(18)27-2)12-23-11-9-15(17(24)13-23)22-20(25)16-7-3-4-10-21-16/h3-8,10,15,17,24H,9,11-13H2,1-2H3,(H,22,25). The van der Waals surface area contributed by atoms with E-state index in [0.717, 1.165) is 12.1 Å². The van der Waals surface area contributed by atoms with Gasteiger partial charge in [-0.25, -0.2) is 0 Å². The highest BCUT2D eigenvalue weighted by atomic mass is 16.5. The number of β-amino-alcohol motifs (C(OH)–C–C–N with tert-alkyl or cyclic N) is 1. The third-order valence-electron chi connectivity index (χ3n) is 4.76. The quantitative estimate of drug-likeness (QED) is 0.800. The van der Waals surface area contributed by atoms with E-state index >= 15 is 0 Å². The molecular weight excluding hydrogens is 346 g/mol. The fourth-order valence-corrected chi connectivity index (χ4v) is 3.37. The molecule has 27 heavy (non-hydrogen) atoms. The van der Waals surface area contributed by atoms with Gasteiger partial charge in [0.15, 0.2) is 11.5 Å². The molecule has 2 aromatic rings. The van der Waals surface area contributed by atoms with Gasteiger partial charge in [-0.3, -0.25) is 14.7 Å². The van der Waals surface area contributed by atoms with Crippen molar-refractivity contribution in [1.29, 1.82) is 0 Å². The molecule has 3 rings (SSSR count). The molecule has 7 nitrogen and oxygen atoms in total. The number of rotatable bonds is 6. The topological polar surface area (TPSA) is 83.9 Å². The minimum absolute atomic E-state index is 0.262. The summed E-state index contributed by atoms with van der Waals surface area (Å²) in [5, 5.41) is 13.4. The van der Waals surface area contributed by atoms with E-state index in [1.807, 2.05) is 18.2 Å². The zero-order valence-corrected chi connectivity index (χ0v) is 15.6. The number of hydrogen-bond acceptors (Lipinski definition) is 6. The Kier molecular flexibility index (Phi) is 6.26. The summed E-state index contributed by atoms with van der Waals surface area (Å²) >= 11 is 0. The fraction of sp³-hybridized carbons (Fsp3) is 0.400. The first kappa shape index (κ1) is 19.1. The number of ether oxygens (including phenoxy) is 2. The Morgan fingerprint density at radius 2 is 2.11 bits per heavy atom. The minimum atomic E-state index is -0.650. The van der Waals surface area contributed by atoms with Gasteiger partial charge in [0.2, 0.25) is 0 Å². The smallest absolute Gasteiger partial charge is 0.270 e. The number of carbonyl (C=O) groups is 1. The second-order valence-corrected chi connectivity index (χ2v) is 6.54. The van der Waals surface area contributed by atoms with E-state index in [4.69, 9.17) is 9.47 Å². The van der Waals surface area contributed by atoms with Gasteiger partial charge in [-0.1, -0.05) is 18.2 Å². The van der Waals surface area contributed by atoms with Crippen LogP contribution in [-0.2, 0) is 6.54 Å². The molecule has 2 atom stereocenters. The van der Waals surface area contributed by atoms with Crippen LogP contribution in [0, 0.1) is 0 Å². The number of para-hydroxylation sites is 1. The number of nitrogens with zero attached hydrogens (tertiary/aromatic N) is 2. The minimum Gasteiger partial charge on any atom is -0.493 e. The number of carbonyl (C=O) groups excluding carboxylic acids is 1. The Morgan fingerprint density at radius 3 is 2.78 bits per heavy atom. The van der Waals surface area contributed by atoms with Crippen LogP contribution in [0.3, 0.4) is 0 Å². The number of nitrogens with one attached hydrogen (secondary N) is 1. The van der Waals surface area contributed by atoms with Gasteiger partial charge in [-0.2, -0.15) is 0 Å². The van der Waals surface area contributed by atoms with Crippen molar-refractivity contribution in [2.24, 2.45) is 0 Å². The summed E-state index contributed by atoms with van der Waals surface area (Å²) < 4.78 is 10.8. The first-order valence-electron chi connectivity index (χ1n) is 8.94. The number of hydrogen-bond donors (Lipinski definition) is 2. The van der Waals surface area contributed by atoms with Crippen LogP contribution in [0.15, 0.2) is 42.6 Å². The number of aliphatic hydroxyl groups is 1. The molecule has 0 spiro atoms. The Balaban J connectivity index is 1.60. The highest BCUT2D eigenvalue weighted by Crippen LogP contribution is 2.32. The van der Waals surface area contributed by atoms with Crippen LogP contribution in [0.2, 0.25) is 0 Å². The van der Waals surface area contributed by atoms with Crippen LogP contribution in [0.1, 0.15) is 22.5 Å². The maximum atomic E-state index is 12.3. The summed E-state index contributed by atoms with van der Waals surface area (Å²) in [4.78, 5) is 18.4. The van der Waals surface area contributed by atoms with E-state index in [0.29, 0.717) is 36.7 Å². The Morgan fingerprint density at radius 1 is 1.26 bits per heavy atom. The molecule has 2 N–H and O–H groups in total. The molecule has 0 bridgehead atoms. The first-order chi connectivity index (χ1) is 13.1. The summed E-state index contributed by atoms with van der Waals surface area (Å²) in [6.45, 7) is 1.86. The Labute approximate surface area is 158 Å². The molecule has 1 aliphatic heterocycles. The number of benzene rings is 1. The SMILES string of the molecule is COc1cccc(CN2CCC(NC(=O)c3ccccn3)C(O)C2)c1OC. The van der Waals surface area contributed by atoms with Gasteiger partial charge < -0.3 is 19.9 Å². The number of aliphatic hydroxyl groups excluding tert-OH is 1. The zero-order chi connectivity index (χ0) is 19.2. The predicted octanol–water partition coefficient (Wildman–Crippen LogP) is 1.46. The average molecular weight is 371 g/mol. The number of methoxy groups -OCH3 is 2. The molecule has 1 fully saturated rings. The predicted molar refractivity (Wildman–Crippen MR) is 101 cm³/mol. The maximum Gasteiger partial charge on any atom is 0.270 e. The molecule has 2 heterocycles. The maximum absolute atomic E-state index is 12.3.